The SMILES string of the molecule is Cc1c(Cl)cc(S(=O)(=O)N(CCO)C2CC2)cc1Cl. The molecule has 1 saturated carbocycles. The number of aliphatic hydroxyl groups excluding tert-OH is 1. The third kappa shape index (κ3) is 3.06. The van der Waals surface area contributed by atoms with Crippen LogP contribution in [0.4, 0.5) is 0 Å². The van der Waals surface area contributed by atoms with Crippen LogP contribution < -0.4 is 0 Å². The third-order valence-corrected chi connectivity index (χ3v) is 5.85. The Kier molecular flexibility index (Phi) is 4.42. The van der Waals surface area contributed by atoms with Crippen LogP contribution in [0.15, 0.2) is 17.0 Å². The average Bonchev–Trinajstić information content (AvgIpc) is 3.16. The third-order valence-electron chi connectivity index (χ3n) is 3.14. The van der Waals surface area contributed by atoms with E-state index in [1.54, 1.807) is 6.92 Å². The van der Waals surface area contributed by atoms with E-state index in [1.165, 1.54) is 16.4 Å². The number of sulfonamides is 1. The summed E-state index contributed by atoms with van der Waals surface area (Å²) in [4.78, 5) is 0.0773. The first kappa shape index (κ1) is 15.1. The molecular formula is C12H15Cl2NO3S. The summed E-state index contributed by atoms with van der Waals surface area (Å²) >= 11 is 12.0. The second-order valence-electron chi connectivity index (χ2n) is 4.58. The topological polar surface area (TPSA) is 57.6 Å². The van der Waals surface area contributed by atoms with Gasteiger partial charge in [-0.1, -0.05) is 23.2 Å². The first-order chi connectivity index (χ1) is 8.87. The molecule has 0 spiro atoms. The van der Waals surface area contributed by atoms with E-state index in [9.17, 15) is 8.42 Å². The van der Waals surface area contributed by atoms with Crippen LogP contribution in [0, 0.1) is 6.92 Å². The molecular weight excluding hydrogens is 309 g/mol. The van der Waals surface area contributed by atoms with Crippen LogP contribution in [0.3, 0.4) is 0 Å². The zero-order valence-corrected chi connectivity index (χ0v) is 12.8. The van der Waals surface area contributed by atoms with Crippen molar-refractivity contribution in [3.63, 3.8) is 0 Å². The number of halogens is 2. The largest absolute Gasteiger partial charge is 0.395 e. The molecule has 0 saturated heterocycles. The highest BCUT2D eigenvalue weighted by Crippen LogP contribution is 2.34. The predicted molar refractivity (Wildman–Crippen MR) is 75.2 cm³/mol. The van der Waals surface area contributed by atoms with Crippen LogP contribution in [-0.4, -0.2) is 37.0 Å². The molecule has 0 aromatic heterocycles. The highest BCUT2D eigenvalue weighted by molar-refractivity contribution is 7.89. The van der Waals surface area contributed by atoms with Gasteiger partial charge in [0.25, 0.3) is 0 Å². The van der Waals surface area contributed by atoms with Gasteiger partial charge in [0.05, 0.1) is 11.5 Å². The Balaban J connectivity index is 2.43. The summed E-state index contributed by atoms with van der Waals surface area (Å²) in [5, 5.41) is 9.67. The molecule has 0 heterocycles. The van der Waals surface area contributed by atoms with Crippen molar-refractivity contribution < 1.29 is 13.5 Å². The van der Waals surface area contributed by atoms with Crippen molar-refractivity contribution >= 4 is 33.2 Å². The van der Waals surface area contributed by atoms with Crippen molar-refractivity contribution in [1.82, 2.24) is 4.31 Å². The number of hydrogen-bond acceptors (Lipinski definition) is 3. The summed E-state index contributed by atoms with van der Waals surface area (Å²) in [6.45, 7) is 1.62. The maximum atomic E-state index is 12.5. The number of nitrogens with zero attached hydrogens (tertiary/aromatic N) is 1. The second-order valence-corrected chi connectivity index (χ2v) is 7.29. The van der Waals surface area contributed by atoms with Crippen LogP contribution >= 0.6 is 23.2 Å². The van der Waals surface area contributed by atoms with Crippen molar-refractivity contribution in [3.05, 3.63) is 27.7 Å². The Morgan fingerprint density at radius 3 is 2.26 bits per heavy atom. The van der Waals surface area contributed by atoms with Gasteiger partial charge in [-0.15, -0.1) is 0 Å². The van der Waals surface area contributed by atoms with Crippen LogP contribution in [0.25, 0.3) is 0 Å². The molecule has 1 aromatic carbocycles. The Morgan fingerprint density at radius 1 is 1.32 bits per heavy atom. The molecule has 19 heavy (non-hydrogen) atoms. The molecule has 4 nitrogen and oxygen atoms in total. The molecule has 1 aliphatic carbocycles. The van der Waals surface area contributed by atoms with E-state index < -0.39 is 10.0 Å². The molecule has 0 amide bonds. The van der Waals surface area contributed by atoms with E-state index in [4.69, 9.17) is 28.3 Å². The molecule has 1 aromatic rings. The lowest BCUT2D eigenvalue weighted by atomic mass is 10.2. The summed E-state index contributed by atoms with van der Waals surface area (Å²) < 4.78 is 26.4. The molecule has 106 valence electrons. The highest BCUT2D eigenvalue weighted by Gasteiger charge is 2.37. The Hall–Kier alpha value is -0.330. The van der Waals surface area contributed by atoms with E-state index in [2.05, 4.69) is 0 Å². The van der Waals surface area contributed by atoms with Gasteiger partial charge in [0.15, 0.2) is 0 Å². The van der Waals surface area contributed by atoms with Crippen molar-refractivity contribution in [2.75, 3.05) is 13.2 Å². The van der Waals surface area contributed by atoms with Gasteiger partial charge < -0.3 is 5.11 Å². The number of aliphatic hydroxyl groups is 1. The minimum Gasteiger partial charge on any atom is -0.395 e. The van der Waals surface area contributed by atoms with Gasteiger partial charge in [0.1, 0.15) is 0 Å². The maximum Gasteiger partial charge on any atom is 0.243 e. The highest BCUT2D eigenvalue weighted by atomic mass is 35.5. The van der Waals surface area contributed by atoms with Crippen LogP contribution in [0.5, 0.6) is 0 Å². The normalized spacial score (nSPS) is 16.1. The summed E-state index contributed by atoms with van der Waals surface area (Å²) in [5.74, 6) is 0. The zero-order valence-electron chi connectivity index (χ0n) is 10.4. The van der Waals surface area contributed by atoms with Gasteiger partial charge in [-0.05, 0) is 37.5 Å². The summed E-state index contributed by atoms with van der Waals surface area (Å²) in [7, 11) is -3.66. The van der Waals surface area contributed by atoms with Gasteiger partial charge >= 0.3 is 0 Å². The standard InChI is InChI=1S/C12H15Cl2NO3S/c1-8-11(13)6-10(7-12(8)14)19(17,18)15(4-5-16)9-2-3-9/h6-7,9,16H,2-5H2,1H3. The maximum absolute atomic E-state index is 12.5. The van der Waals surface area contributed by atoms with Gasteiger partial charge in [-0.3, -0.25) is 0 Å². The minimum absolute atomic E-state index is 0.0176. The van der Waals surface area contributed by atoms with Gasteiger partial charge in [0, 0.05) is 22.6 Å². The summed E-state index contributed by atoms with van der Waals surface area (Å²) in [6.07, 6.45) is 1.65. The molecule has 0 aliphatic heterocycles. The molecule has 1 aliphatic rings. The fourth-order valence-corrected chi connectivity index (χ4v) is 4.21. The lowest BCUT2D eigenvalue weighted by Crippen LogP contribution is -2.35. The zero-order chi connectivity index (χ0) is 14.2. The molecule has 7 heteroatoms. The number of hydrogen-bond donors (Lipinski definition) is 1. The molecule has 0 bridgehead atoms. The van der Waals surface area contributed by atoms with Crippen LogP contribution in [-0.2, 0) is 10.0 Å². The average molecular weight is 324 g/mol. The fraction of sp³-hybridized carbons (Fsp3) is 0.500. The quantitative estimate of drug-likeness (QED) is 0.905. The minimum atomic E-state index is -3.66. The number of benzene rings is 1. The first-order valence-electron chi connectivity index (χ1n) is 5.96. The molecule has 0 atom stereocenters. The lowest BCUT2D eigenvalue weighted by Gasteiger charge is -2.21. The molecule has 0 unspecified atom stereocenters. The van der Waals surface area contributed by atoms with E-state index in [1.807, 2.05) is 0 Å². The Bertz CT molecular complexity index is 562. The smallest absolute Gasteiger partial charge is 0.243 e. The Labute approximate surface area is 123 Å². The molecule has 0 radical (unpaired) electrons. The number of rotatable bonds is 5. The van der Waals surface area contributed by atoms with Crippen LogP contribution in [0.1, 0.15) is 18.4 Å². The molecule has 1 fully saturated rings. The lowest BCUT2D eigenvalue weighted by molar-refractivity contribution is 0.250. The van der Waals surface area contributed by atoms with Gasteiger partial charge in [-0.2, -0.15) is 4.31 Å². The first-order valence-corrected chi connectivity index (χ1v) is 8.16. The van der Waals surface area contributed by atoms with E-state index in [0.29, 0.717) is 15.6 Å². The van der Waals surface area contributed by atoms with Crippen molar-refractivity contribution in [2.45, 2.75) is 30.7 Å². The Morgan fingerprint density at radius 2 is 1.84 bits per heavy atom. The van der Waals surface area contributed by atoms with Gasteiger partial charge in [0.2, 0.25) is 10.0 Å². The van der Waals surface area contributed by atoms with Gasteiger partial charge in [-0.25, -0.2) is 8.42 Å². The summed E-state index contributed by atoms with van der Waals surface area (Å²) in [5.41, 5.74) is 0.655. The molecule has 1 N–H and O–H groups in total. The van der Waals surface area contributed by atoms with E-state index in [-0.39, 0.29) is 24.1 Å². The molecule has 2 rings (SSSR count). The van der Waals surface area contributed by atoms with E-state index >= 15 is 0 Å². The fourth-order valence-electron chi connectivity index (χ4n) is 1.87. The van der Waals surface area contributed by atoms with Crippen molar-refractivity contribution in [2.24, 2.45) is 0 Å². The van der Waals surface area contributed by atoms with Crippen molar-refractivity contribution in [1.29, 1.82) is 0 Å². The predicted octanol–water partition coefficient (Wildman–Crippen LogP) is 2.45. The summed E-state index contributed by atoms with van der Waals surface area (Å²) in [6, 6.07) is 2.80. The van der Waals surface area contributed by atoms with Crippen LogP contribution in [0.2, 0.25) is 10.0 Å². The van der Waals surface area contributed by atoms with Crippen molar-refractivity contribution in [3.8, 4) is 0 Å². The second kappa shape index (κ2) is 5.58. The van der Waals surface area contributed by atoms with E-state index in [0.717, 1.165) is 12.8 Å². The monoisotopic (exact) mass is 323 g/mol.